The van der Waals surface area contributed by atoms with Gasteiger partial charge in [0, 0.05) is 23.0 Å². The molecule has 24 heavy (non-hydrogen) atoms. The molecule has 0 bridgehead atoms. The fraction of sp³-hybridized carbons (Fsp3) is 0.0526. The van der Waals surface area contributed by atoms with Crippen LogP contribution in [0.3, 0.4) is 0 Å². The van der Waals surface area contributed by atoms with Gasteiger partial charge in [-0.25, -0.2) is 9.37 Å². The predicted molar refractivity (Wildman–Crippen MR) is 90.3 cm³/mol. The molecule has 2 aromatic carbocycles. The lowest BCUT2D eigenvalue weighted by Crippen LogP contribution is -2.32. The largest absolute Gasteiger partial charge is 0.361 e. The van der Waals surface area contributed by atoms with Crippen LogP contribution in [0, 0.1) is 5.82 Å². The maximum absolute atomic E-state index is 13.1. The van der Waals surface area contributed by atoms with E-state index < -0.39 is 6.17 Å². The smallest absolute Gasteiger partial charge is 0.261 e. The summed E-state index contributed by atoms with van der Waals surface area (Å²) in [4.78, 5) is 18.8. The van der Waals surface area contributed by atoms with Crippen LogP contribution in [-0.4, -0.2) is 10.9 Å². The third kappa shape index (κ3) is 2.40. The Hall–Kier alpha value is -3.21. The SMILES string of the molecule is O=C1c2ccccc2[C@H](Nc2ccc(F)cc2)N1c1ccccn1. The first-order chi connectivity index (χ1) is 11.7. The summed E-state index contributed by atoms with van der Waals surface area (Å²) < 4.78 is 13.1. The van der Waals surface area contributed by atoms with Crippen molar-refractivity contribution in [2.75, 3.05) is 10.2 Å². The summed E-state index contributed by atoms with van der Waals surface area (Å²) in [5, 5.41) is 3.30. The van der Waals surface area contributed by atoms with Crippen molar-refractivity contribution in [3.8, 4) is 0 Å². The van der Waals surface area contributed by atoms with Gasteiger partial charge in [-0.1, -0.05) is 24.3 Å². The highest BCUT2D eigenvalue weighted by Crippen LogP contribution is 2.36. The van der Waals surface area contributed by atoms with Crippen molar-refractivity contribution in [1.82, 2.24) is 4.98 Å². The zero-order valence-electron chi connectivity index (χ0n) is 12.7. The van der Waals surface area contributed by atoms with Crippen LogP contribution in [0.1, 0.15) is 22.1 Å². The molecule has 2 heterocycles. The van der Waals surface area contributed by atoms with Gasteiger partial charge in [0.15, 0.2) is 0 Å². The number of carbonyl (C=O) groups excluding carboxylic acids is 1. The number of hydrogen-bond donors (Lipinski definition) is 1. The lowest BCUT2D eigenvalue weighted by molar-refractivity contribution is 0.0992. The Labute approximate surface area is 138 Å². The molecule has 0 unspecified atom stereocenters. The zero-order valence-corrected chi connectivity index (χ0v) is 12.7. The molecule has 0 aliphatic carbocycles. The summed E-state index contributed by atoms with van der Waals surface area (Å²) in [5.74, 6) is 0.159. The molecule has 5 heteroatoms. The van der Waals surface area contributed by atoms with Gasteiger partial charge in [0.2, 0.25) is 0 Å². The van der Waals surface area contributed by atoms with E-state index in [1.54, 1.807) is 41.4 Å². The minimum Gasteiger partial charge on any atom is -0.361 e. The Morgan fingerprint density at radius 1 is 0.958 bits per heavy atom. The van der Waals surface area contributed by atoms with Crippen molar-refractivity contribution in [2.45, 2.75) is 6.17 Å². The fourth-order valence-corrected chi connectivity index (χ4v) is 2.90. The number of pyridine rings is 1. The average molecular weight is 319 g/mol. The molecule has 1 atom stereocenters. The molecule has 1 N–H and O–H groups in total. The minimum atomic E-state index is -0.394. The van der Waals surface area contributed by atoms with Gasteiger partial charge >= 0.3 is 0 Å². The molecule has 1 aromatic heterocycles. The Bertz CT molecular complexity index is 881. The van der Waals surface area contributed by atoms with Crippen LogP contribution in [-0.2, 0) is 0 Å². The number of nitrogens with zero attached hydrogens (tertiary/aromatic N) is 2. The summed E-state index contributed by atoms with van der Waals surface area (Å²) in [6.45, 7) is 0. The monoisotopic (exact) mass is 319 g/mol. The number of nitrogens with one attached hydrogen (secondary N) is 1. The molecule has 4 rings (SSSR count). The Morgan fingerprint density at radius 2 is 1.71 bits per heavy atom. The van der Waals surface area contributed by atoms with Gasteiger partial charge < -0.3 is 5.32 Å². The van der Waals surface area contributed by atoms with E-state index in [2.05, 4.69) is 10.3 Å². The highest BCUT2D eigenvalue weighted by molar-refractivity contribution is 6.10. The third-order valence-corrected chi connectivity index (χ3v) is 4.01. The highest BCUT2D eigenvalue weighted by Gasteiger charge is 2.38. The first-order valence-electron chi connectivity index (χ1n) is 7.60. The molecule has 3 aromatic rings. The number of carbonyl (C=O) groups is 1. The van der Waals surface area contributed by atoms with Gasteiger partial charge in [-0.15, -0.1) is 0 Å². The molecule has 118 valence electrons. The van der Waals surface area contributed by atoms with Crippen LogP contribution in [0.2, 0.25) is 0 Å². The summed E-state index contributed by atoms with van der Waals surface area (Å²) in [5.41, 5.74) is 2.24. The van der Waals surface area contributed by atoms with Crippen LogP contribution >= 0.6 is 0 Å². The Balaban J connectivity index is 1.77. The Kier molecular flexibility index (Phi) is 3.46. The maximum atomic E-state index is 13.1. The van der Waals surface area contributed by atoms with Crippen LogP contribution < -0.4 is 10.2 Å². The van der Waals surface area contributed by atoms with Crippen LogP contribution in [0.15, 0.2) is 72.9 Å². The second-order valence-corrected chi connectivity index (χ2v) is 5.50. The molecule has 0 saturated heterocycles. The molecule has 0 fully saturated rings. The average Bonchev–Trinajstić information content (AvgIpc) is 2.90. The number of aromatic nitrogens is 1. The predicted octanol–water partition coefficient (Wildman–Crippen LogP) is 3.99. The summed E-state index contributed by atoms with van der Waals surface area (Å²) in [6.07, 6.45) is 1.26. The van der Waals surface area contributed by atoms with Gasteiger partial charge in [0.1, 0.15) is 17.8 Å². The normalized spacial score (nSPS) is 16.1. The highest BCUT2D eigenvalue weighted by atomic mass is 19.1. The number of amides is 1. The van der Waals surface area contributed by atoms with Crippen molar-refractivity contribution < 1.29 is 9.18 Å². The molecule has 0 spiro atoms. The topological polar surface area (TPSA) is 45.2 Å². The summed E-state index contributed by atoms with van der Waals surface area (Å²) in [6, 6.07) is 19.0. The van der Waals surface area contributed by atoms with Crippen molar-refractivity contribution in [3.05, 3.63) is 89.9 Å². The molecule has 0 saturated carbocycles. The molecular weight excluding hydrogens is 305 g/mol. The van der Waals surface area contributed by atoms with E-state index in [9.17, 15) is 9.18 Å². The fourth-order valence-electron chi connectivity index (χ4n) is 2.90. The number of rotatable bonds is 3. The van der Waals surface area contributed by atoms with Gasteiger partial charge in [-0.3, -0.25) is 9.69 Å². The van der Waals surface area contributed by atoms with E-state index in [0.29, 0.717) is 11.4 Å². The Morgan fingerprint density at radius 3 is 2.46 bits per heavy atom. The van der Waals surface area contributed by atoms with Crippen molar-refractivity contribution in [3.63, 3.8) is 0 Å². The third-order valence-electron chi connectivity index (χ3n) is 4.01. The summed E-state index contributed by atoms with van der Waals surface area (Å²) in [7, 11) is 0. The van der Waals surface area contributed by atoms with Gasteiger partial charge in [-0.2, -0.15) is 0 Å². The molecular formula is C19H14FN3O. The number of fused-ring (bicyclic) bond motifs is 1. The van der Waals surface area contributed by atoms with Gasteiger partial charge in [-0.05, 0) is 42.5 Å². The minimum absolute atomic E-state index is 0.107. The molecule has 0 radical (unpaired) electrons. The van der Waals surface area contributed by atoms with E-state index in [1.807, 2.05) is 24.3 Å². The van der Waals surface area contributed by atoms with Gasteiger partial charge in [0.25, 0.3) is 5.91 Å². The van der Waals surface area contributed by atoms with E-state index in [4.69, 9.17) is 0 Å². The van der Waals surface area contributed by atoms with Crippen molar-refractivity contribution in [1.29, 1.82) is 0 Å². The van der Waals surface area contributed by atoms with E-state index in [1.165, 1.54) is 12.1 Å². The lowest BCUT2D eigenvalue weighted by Gasteiger charge is -2.26. The quantitative estimate of drug-likeness (QED) is 0.794. The zero-order chi connectivity index (χ0) is 16.5. The number of hydrogen-bond acceptors (Lipinski definition) is 3. The second kappa shape index (κ2) is 5.77. The van der Waals surface area contributed by atoms with E-state index >= 15 is 0 Å². The lowest BCUT2D eigenvalue weighted by atomic mass is 10.1. The molecule has 1 aliphatic rings. The number of benzene rings is 2. The van der Waals surface area contributed by atoms with Crippen molar-refractivity contribution in [2.24, 2.45) is 0 Å². The maximum Gasteiger partial charge on any atom is 0.261 e. The van der Waals surface area contributed by atoms with Crippen LogP contribution in [0.4, 0.5) is 15.9 Å². The van der Waals surface area contributed by atoms with Gasteiger partial charge in [0.05, 0.1) is 0 Å². The first kappa shape index (κ1) is 14.4. The summed E-state index contributed by atoms with van der Waals surface area (Å²) >= 11 is 0. The molecule has 4 nitrogen and oxygen atoms in total. The standard InChI is InChI=1S/C19H14FN3O/c20-13-8-10-14(11-9-13)22-18-15-5-1-2-6-16(15)19(24)23(18)17-7-3-4-12-21-17/h1-12,18,22H/t18-/m1/s1. The van der Waals surface area contributed by atoms with Crippen LogP contribution in [0.25, 0.3) is 0 Å². The first-order valence-corrected chi connectivity index (χ1v) is 7.60. The van der Waals surface area contributed by atoms with E-state index in [0.717, 1.165) is 11.3 Å². The number of anilines is 2. The van der Waals surface area contributed by atoms with Crippen molar-refractivity contribution >= 4 is 17.4 Å². The van der Waals surface area contributed by atoms with Crippen LogP contribution in [0.5, 0.6) is 0 Å². The number of halogens is 1. The molecule has 1 amide bonds. The molecule has 1 aliphatic heterocycles. The second-order valence-electron chi connectivity index (χ2n) is 5.50. The van der Waals surface area contributed by atoms with E-state index in [-0.39, 0.29) is 11.7 Å².